The molecule has 1 aromatic carbocycles. The third-order valence-electron chi connectivity index (χ3n) is 4.04. The zero-order valence-corrected chi connectivity index (χ0v) is 12.3. The second-order valence-electron chi connectivity index (χ2n) is 5.77. The first-order chi connectivity index (χ1) is 10.2. The lowest BCUT2D eigenvalue weighted by Gasteiger charge is -2.16. The van der Waals surface area contributed by atoms with Gasteiger partial charge in [0.2, 0.25) is 0 Å². The maximum Gasteiger partial charge on any atom is 0.273 e. The average Bonchev–Trinajstić information content (AvgIpc) is 2.91. The van der Waals surface area contributed by atoms with Gasteiger partial charge in [0.25, 0.3) is 5.91 Å². The highest BCUT2D eigenvalue weighted by Crippen LogP contribution is 2.27. The molecule has 1 heterocycles. The maximum absolute atomic E-state index is 12.2. The van der Waals surface area contributed by atoms with Gasteiger partial charge >= 0.3 is 0 Å². The summed E-state index contributed by atoms with van der Waals surface area (Å²) in [6, 6.07) is 10.1. The molecule has 4 heteroatoms. The van der Waals surface area contributed by atoms with Crippen molar-refractivity contribution in [3.05, 3.63) is 52.9 Å². The van der Waals surface area contributed by atoms with E-state index in [4.69, 9.17) is 4.52 Å². The highest BCUT2D eigenvalue weighted by atomic mass is 16.5. The fourth-order valence-electron chi connectivity index (χ4n) is 2.81. The molecule has 1 amide bonds. The Kier molecular flexibility index (Phi) is 4.04. The Bertz CT molecular complexity index is 619. The summed E-state index contributed by atoms with van der Waals surface area (Å²) in [6.07, 6.45) is 3.71. The normalized spacial score (nSPS) is 17.3. The zero-order valence-electron chi connectivity index (χ0n) is 12.3. The van der Waals surface area contributed by atoms with Crippen LogP contribution in [0.25, 0.3) is 0 Å². The molecule has 4 nitrogen and oxygen atoms in total. The largest absolute Gasteiger partial charge is 0.360 e. The van der Waals surface area contributed by atoms with Crippen molar-refractivity contribution in [2.45, 2.75) is 32.6 Å². The number of hydrogen-bond acceptors (Lipinski definition) is 3. The molecule has 0 unspecified atom stereocenters. The van der Waals surface area contributed by atoms with Crippen LogP contribution in [0.15, 0.2) is 34.9 Å². The standard InChI is InChI=1S/C17H20N2O2/c1-12-7-8-15-14(11-12)16(19-21-15)17(20)18-10-9-13-5-3-2-4-6-13/h2-6,12H,7-11H2,1H3,(H,18,20)/t12-/m1/s1. The number of benzene rings is 1. The number of rotatable bonds is 4. The molecule has 3 rings (SSSR count). The van der Waals surface area contributed by atoms with Crippen molar-refractivity contribution in [1.29, 1.82) is 0 Å². The lowest BCUT2D eigenvalue weighted by atomic mass is 9.88. The Balaban J connectivity index is 1.60. The Hall–Kier alpha value is -2.10. The van der Waals surface area contributed by atoms with Crippen LogP contribution in [0.1, 0.15) is 40.7 Å². The highest BCUT2D eigenvalue weighted by Gasteiger charge is 2.26. The number of amides is 1. The molecule has 0 spiro atoms. The van der Waals surface area contributed by atoms with E-state index in [1.165, 1.54) is 5.56 Å². The Morgan fingerprint density at radius 1 is 1.38 bits per heavy atom. The van der Waals surface area contributed by atoms with Crippen molar-refractivity contribution in [3.8, 4) is 0 Å². The van der Waals surface area contributed by atoms with Gasteiger partial charge in [0.05, 0.1) is 0 Å². The Morgan fingerprint density at radius 3 is 3.00 bits per heavy atom. The molecule has 1 aliphatic rings. The van der Waals surface area contributed by atoms with Gasteiger partial charge in [0.1, 0.15) is 5.76 Å². The van der Waals surface area contributed by atoms with Crippen molar-refractivity contribution in [1.82, 2.24) is 10.5 Å². The van der Waals surface area contributed by atoms with Gasteiger partial charge < -0.3 is 9.84 Å². The first-order valence-corrected chi connectivity index (χ1v) is 7.53. The molecule has 0 fully saturated rings. The molecule has 0 radical (unpaired) electrons. The number of nitrogens with zero attached hydrogens (tertiary/aromatic N) is 1. The van der Waals surface area contributed by atoms with E-state index in [0.29, 0.717) is 18.2 Å². The predicted octanol–water partition coefficient (Wildman–Crippen LogP) is 2.77. The summed E-state index contributed by atoms with van der Waals surface area (Å²) in [5, 5.41) is 6.91. The van der Waals surface area contributed by atoms with Gasteiger partial charge in [-0.25, -0.2) is 0 Å². The Morgan fingerprint density at radius 2 is 2.19 bits per heavy atom. The summed E-state index contributed by atoms with van der Waals surface area (Å²) in [7, 11) is 0. The summed E-state index contributed by atoms with van der Waals surface area (Å²) in [5.74, 6) is 1.36. The molecule has 0 saturated carbocycles. The SMILES string of the molecule is C[C@@H]1CCc2onc(C(=O)NCCc3ccccc3)c2C1. The molecule has 1 atom stereocenters. The average molecular weight is 284 g/mol. The summed E-state index contributed by atoms with van der Waals surface area (Å²) >= 11 is 0. The van der Waals surface area contributed by atoms with E-state index in [-0.39, 0.29) is 5.91 Å². The van der Waals surface area contributed by atoms with E-state index in [2.05, 4.69) is 29.5 Å². The fourth-order valence-corrected chi connectivity index (χ4v) is 2.81. The first kappa shape index (κ1) is 13.9. The van der Waals surface area contributed by atoms with E-state index in [1.54, 1.807) is 0 Å². The molecule has 110 valence electrons. The summed E-state index contributed by atoms with van der Waals surface area (Å²) in [5.41, 5.74) is 2.70. The summed E-state index contributed by atoms with van der Waals surface area (Å²) in [4.78, 5) is 12.2. The van der Waals surface area contributed by atoms with Crippen LogP contribution in [-0.2, 0) is 19.3 Å². The van der Waals surface area contributed by atoms with Crippen LogP contribution in [0.2, 0.25) is 0 Å². The van der Waals surface area contributed by atoms with Gasteiger partial charge in [-0.3, -0.25) is 4.79 Å². The number of hydrogen-bond donors (Lipinski definition) is 1. The molecular weight excluding hydrogens is 264 g/mol. The van der Waals surface area contributed by atoms with Crippen LogP contribution in [0.3, 0.4) is 0 Å². The number of fused-ring (bicyclic) bond motifs is 1. The van der Waals surface area contributed by atoms with Gasteiger partial charge in [-0.05, 0) is 30.7 Å². The molecular formula is C17H20N2O2. The lowest BCUT2D eigenvalue weighted by Crippen LogP contribution is -2.27. The van der Waals surface area contributed by atoms with E-state index in [0.717, 1.165) is 37.0 Å². The van der Waals surface area contributed by atoms with Gasteiger partial charge in [-0.15, -0.1) is 0 Å². The second-order valence-corrected chi connectivity index (χ2v) is 5.77. The van der Waals surface area contributed by atoms with E-state index in [1.807, 2.05) is 18.2 Å². The van der Waals surface area contributed by atoms with Crippen LogP contribution in [0, 0.1) is 5.92 Å². The molecule has 1 aromatic heterocycles. The van der Waals surface area contributed by atoms with Gasteiger partial charge in [-0.1, -0.05) is 42.4 Å². The summed E-state index contributed by atoms with van der Waals surface area (Å²) in [6.45, 7) is 2.81. The fraction of sp³-hybridized carbons (Fsp3) is 0.412. The van der Waals surface area contributed by atoms with Crippen molar-refractivity contribution < 1.29 is 9.32 Å². The molecule has 2 aromatic rings. The smallest absolute Gasteiger partial charge is 0.273 e. The molecule has 0 aliphatic heterocycles. The second kappa shape index (κ2) is 6.12. The molecule has 21 heavy (non-hydrogen) atoms. The molecule has 0 saturated heterocycles. The Labute approximate surface area is 124 Å². The van der Waals surface area contributed by atoms with E-state index in [9.17, 15) is 4.79 Å². The number of carbonyl (C=O) groups excluding carboxylic acids is 1. The van der Waals surface area contributed by atoms with Gasteiger partial charge in [-0.2, -0.15) is 0 Å². The monoisotopic (exact) mass is 284 g/mol. The lowest BCUT2D eigenvalue weighted by molar-refractivity contribution is 0.0944. The topological polar surface area (TPSA) is 55.1 Å². The minimum absolute atomic E-state index is 0.120. The molecule has 1 aliphatic carbocycles. The van der Waals surface area contributed by atoms with Crippen LogP contribution in [0.5, 0.6) is 0 Å². The van der Waals surface area contributed by atoms with Gasteiger partial charge in [0.15, 0.2) is 5.69 Å². The minimum atomic E-state index is -0.120. The first-order valence-electron chi connectivity index (χ1n) is 7.53. The third-order valence-corrected chi connectivity index (χ3v) is 4.04. The van der Waals surface area contributed by atoms with E-state index >= 15 is 0 Å². The third kappa shape index (κ3) is 3.15. The number of aromatic nitrogens is 1. The quantitative estimate of drug-likeness (QED) is 0.939. The minimum Gasteiger partial charge on any atom is -0.360 e. The highest BCUT2D eigenvalue weighted by molar-refractivity contribution is 5.93. The predicted molar refractivity (Wildman–Crippen MR) is 80.2 cm³/mol. The van der Waals surface area contributed by atoms with Crippen LogP contribution >= 0.6 is 0 Å². The number of aryl methyl sites for hydroxylation is 1. The summed E-state index contributed by atoms with van der Waals surface area (Å²) < 4.78 is 5.31. The van der Waals surface area contributed by atoms with E-state index < -0.39 is 0 Å². The number of carbonyl (C=O) groups is 1. The van der Waals surface area contributed by atoms with Gasteiger partial charge in [0, 0.05) is 18.5 Å². The molecule has 1 N–H and O–H groups in total. The molecule has 0 bridgehead atoms. The van der Waals surface area contributed by atoms with Crippen molar-refractivity contribution in [3.63, 3.8) is 0 Å². The zero-order chi connectivity index (χ0) is 14.7. The van der Waals surface area contributed by atoms with Crippen LogP contribution in [-0.4, -0.2) is 17.6 Å². The van der Waals surface area contributed by atoms with Crippen LogP contribution < -0.4 is 5.32 Å². The van der Waals surface area contributed by atoms with Crippen molar-refractivity contribution >= 4 is 5.91 Å². The van der Waals surface area contributed by atoms with Crippen molar-refractivity contribution in [2.75, 3.05) is 6.54 Å². The van der Waals surface area contributed by atoms with Crippen LogP contribution in [0.4, 0.5) is 0 Å². The maximum atomic E-state index is 12.2. The number of nitrogens with one attached hydrogen (secondary N) is 1. The van der Waals surface area contributed by atoms with Crippen molar-refractivity contribution in [2.24, 2.45) is 5.92 Å².